The lowest BCUT2D eigenvalue weighted by Gasteiger charge is -2.03. The van der Waals surface area contributed by atoms with E-state index < -0.39 is 0 Å². The number of halogens is 1. The normalized spacial score (nSPS) is 11.1. The first-order valence-corrected chi connectivity index (χ1v) is 8.44. The predicted molar refractivity (Wildman–Crippen MR) is 97.3 cm³/mol. The molecule has 0 fully saturated rings. The van der Waals surface area contributed by atoms with E-state index in [0.29, 0.717) is 22.6 Å². The van der Waals surface area contributed by atoms with Crippen LogP contribution in [0.2, 0.25) is 0 Å². The molecule has 0 bridgehead atoms. The van der Waals surface area contributed by atoms with Crippen LogP contribution in [0.3, 0.4) is 0 Å². The van der Waals surface area contributed by atoms with Gasteiger partial charge in [-0.15, -0.1) is 0 Å². The van der Waals surface area contributed by atoms with Crippen LogP contribution in [0.1, 0.15) is 11.5 Å². The van der Waals surface area contributed by atoms with Crippen LogP contribution in [0.5, 0.6) is 0 Å². The third-order valence-corrected chi connectivity index (χ3v) is 4.36. The zero-order valence-corrected chi connectivity index (χ0v) is 14.9. The first-order valence-electron chi connectivity index (χ1n) is 7.64. The lowest BCUT2D eigenvalue weighted by Crippen LogP contribution is -2.21. The molecule has 7 heteroatoms. The Morgan fingerprint density at radius 2 is 1.96 bits per heavy atom. The molecule has 6 nitrogen and oxygen atoms in total. The highest BCUT2D eigenvalue weighted by Crippen LogP contribution is 2.17. The molecule has 0 amide bonds. The lowest BCUT2D eigenvalue weighted by atomic mass is 10.1. The van der Waals surface area contributed by atoms with E-state index in [1.807, 2.05) is 37.3 Å². The topological polar surface area (TPSA) is 73.8 Å². The Morgan fingerprint density at radius 3 is 2.76 bits per heavy atom. The summed E-state index contributed by atoms with van der Waals surface area (Å²) in [6.07, 6.45) is 1.49. The number of hydrogen-bond donors (Lipinski definition) is 0. The first-order chi connectivity index (χ1) is 12.1. The molecular formula is C18H13BrN4O2. The van der Waals surface area contributed by atoms with Gasteiger partial charge in [-0.25, -0.2) is 4.98 Å². The fraction of sp³-hybridized carbons (Fsp3) is 0.111. The second-order valence-electron chi connectivity index (χ2n) is 5.72. The number of nitrogens with zero attached hydrogens (tertiary/aromatic N) is 4. The molecule has 0 saturated carbocycles. The van der Waals surface area contributed by atoms with Gasteiger partial charge in [-0.1, -0.05) is 50.9 Å². The van der Waals surface area contributed by atoms with Gasteiger partial charge in [0.2, 0.25) is 11.7 Å². The van der Waals surface area contributed by atoms with Gasteiger partial charge in [0.05, 0.1) is 17.2 Å². The second-order valence-corrected chi connectivity index (χ2v) is 6.63. The van der Waals surface area contributed by atoms with Crippen molar-refractivity contribution in [3.63, 3.8) is 0 Å². The predicted octanol–water partition coefficient (Wildman–Crippen LogP) is 3.57. The van der Waals surface area contributed by atoms with Crippen molar-refractivity contribution in [3.8, 4) is 11.4 Å². The summed E-state index contributed by atoms with van der Waals surface area (Å²) in [6, 6.07) is 13.3. The molecule has 0 saturated heterocycles. The zero-order valence-electron chi connectivity index (χ0n) is 13.3. The SMILES string of the molecule is Cc1ccc(-c2noc(Cn3cnc4ccc(Br)cc4c3=O)n2)cc1. The highest BCUT2D eigenvalue weighted by molar-refractivity contribution is 9.10. The van der Waals surface area contributed by atoms with Crippen LogP contribution in [-0.2, 0) is 6.54 Å². The number of hydrogen-bond acceptors (Lipinski definition) is 5. The van der Waals surface area contributed by atoms with Crippen molar-refractivity contribution in [2.75, 3.05) is 0 Å². The maximum atomic E-state index is 12.6. The van der Waals surface area contributed by atoms with Crippen LogP contribution in [0.4, 0.5) is 0 Å². The van der Waals surface area contributed by atoms with Gasteiger partial charge in [0.1, 0.15) is 6.54 Å². The summed E-state index contributed by atoms with van der Waals surface area (Å²) < 4.78 is 7.58. The molecule has 4 aromatic rings. The van der Waals surface area contributed by atoms with Crippen molar-refractivity contribution in [3.05, 3.63) is 75.1 Å². The molecule has 0 aliphatic heterocycles. The number of aromatic nitrogens is 4. The fourth-order valence-corrected chi connectivity index (χ4v) is 2.89. The molecule has 2 aromatic carbocycles. The van der Waals surface area contributed by atoms with Crippen LogP contribution >= 0.6 is 15.9 Å². The van der Waals surface area contributed by atoms with Crippen molar-refractivity contribution >= 4 is 26.8 Å². The minimum Gasteiger partial charge on any atom is -0.337 e. The second kappa shape index (κ2) is 6.25. The standard InChI is InChI=1S/C18H13BrN4O2/c1-11-2-4-12(5-3-11)17-21-16(25-22-17)9-23-10-20-15-7-6-13(19)8-14(15)18(23)24/h2-8,10H,9H2,1H3. The monoisotopic (exact) mass is 396 g/mol. The molecule has 4 rings (SSSR count). The van der Waals surface area contributed by atoms with E-state index in [4.69, 9.17) is 4.52 Å². The van der Waals surface area contributed by atoms with Gasteiger partial charge in [-0.05, 0) is 25.1 Å². The van der Waals surface area contributed by atoms with E-state index in [1.165, 1.54) is 10.9 Å². The highest BCUT2D eigenvalue weighted by atomic mass is 79.9. The van der Waals surface area contributed by atoms with Gasteiger partial charge >= 0.3 is 0 Å². The molecule has 0 unspecified atom stereocenters. The van der Waals surface area contributed by atoms with Crippen molar-refractivity contribution in [2.45, 2.75) is 13.5 Å². The van der Waals surface area contributed by atoms with Gasteiger partial charge in [0.25, 0.3) is 5.56 Å². The Bertz CT molecular complexity index is 1120. The molecule has 0 spiro atoms. The van der Waals surface area contributed by atoms with Crippen molar-refractivity contribution < 1.29 is 4.52 Å². The minimum atomic E-state index is -0.151. The molecule has 2 aromatic heterocycles. The van der Waals surface area contributed by atoms with E-state index in [-0.39, 0.29) is 12.1 Å². The summed E-state index contributed by atoms with van der Waals surface area (Å²) >= 11 is 3.38. The Kier molecular flexibility index (Phi) is 3.93. The quantitative estimate of drug-likeness (QED) is 0.529. The van der Waals surface area contributed by atoms with Crippen LogP contribution in [0, 0.1) is 6.92 Å². The van der Waals surface area contributed by atoms with E-state index >= 15 is 0 Å². The van der Waals surface area contributed by atoms with Crippen LogP contribution in [0.15, 0.2) is 62.6 Å². The minimum absolute atomic E-state index is 0.151. The van der Waals surface area contributed by atoms with Gasteiger partial charge in [-0.3, -0.25) is 9.36 Å². The largest absolute Gasteiger partial charge is 0.337 e. The highest BCUT2D eigenvalue weighted by Gasteiger charge is 2.11. The molecular weight excluding hydrogens is 384 g/mol. The Morgan fingerprint density at radius 1 is 1.16 bits per heavy atom. The number of benzene rings is 2. The lowest BCUT2D eigenvalue weighted by molar-refractivity contribution is 0.369. The Labute approximate surface area is 151 Å². The molecule has 25 heavy (non-hydrogen) atoms. The van der Waals surface area contributed by atoms with Gasteiger partial charge in [0, 0.05) is 10.0 Å². The van der Waals surface area contributed by atoms with Crippen molar-refractivity contribution in [1.82, 2.24) is 19.7 Å². The van der Waals surface area contributed by atoms with Gasteiger partial charge in [0.15, 0.2) is 0 Å². The summed E-state index contributed by atoms with van der Waals surface area (Å²) in [4.78, 5) is 21.3. The van der Waals surface area contributed by atoms with Crippen LogP contribution < -0.4 is 5.56 Å². The molecule has 2 heterocycles. The zero-order chi connectivity index (χ0) is 17.4. The third-order valence-electron chi connectivity index (χ3n) is 3.87. The molecule has 0 aliphatic carbocycles. The fourth-order valence-electron chi connectivity index (χ4n) is 2.53. The Hall–Kier alpha value is -2.80. The van der Waals surface area contributed by atoms with E-state index in [9.17, 15) is 4.79 Å². The average Bonchev–Trinajstić information content (AvgIpc) is 3.07. The maximum Gasteiger partial charge on any atom is 0.261 e. The summed E-state index contributed by atoms with van der Waals surface area (Å²) in [6.45, 7) is 2.19. The van der Waals surface area contributed by atoms with Crippen molar-refractivity contribution in [1.29, 1.82) is 0 Å². The third kappa shape index (κ3) is 3.10. The number of fused-ring (bicyclic) bond motifs is 1. The maximum absolute atomic E-state index is 12.6. The molecule has 0 aliphatic rings. The van der Waals surface area contributed by atoms with Gasteiger partial charge < -0.3 is 4.52 Å². The van der Waals surface area contributed by atoms with Crippen LogP contribution in [-0.4, -0.2) is 19.7 Å². The summed E-state index contributed by atoms with van der Waals surface area (Å²) in [7, 11) is 0. The summed E-state index contributed by atoms with van der Waals surface area (Å²) in [5.74, 6) is 0.855. The molecule has 0 atom stereocenters. The molecule has 0 N–H and O–H groups in total. The number of aryl methyl sites for hydroxylation is 1. The molecule has 124 valence electrons. The van der Waals surface area contributed by atoms with Crippen molar-refractivity contribution in [2.24, 2.45) is 0 Å². The Balaban J connectivity index is 1.67. The van der Waals surface area contributed by atoms with Gasteiger partial charge in [-0.2, -0.15) is 4.98 Å². The number of rotatable bonds is 3. The van der Waals surface area contributed by atoms with E-state index in [1.54, 1.807) is 12.1 Å². The first kappa shape index (κ1) is 15.7. The van der Waals surface area contributed by atoms with E-state index in [0.717, 1.165) is 15.6 Å². The van der Waals surface area contributed by atoms with Crippen LogP contribution in [0.25, 0.3) is 22.3 Å². The van der Waals surface area contributed by atoms with E-state index in [2.05, 4.69) is 31.1 Å². The molecule has 0 radical (unpaired) electrons. The smallest absolute Gasteiger partial charge is 0.261 e. The summed E-state index contributed by atoms with van der Waals surface area (Å²) in [5, 5.41) is 4.53. The summed E-state index contributed by atoms with van der Waals surface area (Å²) in [5.41, 5.74) is 2.53. The average molecular weight is 397 g/mol.